The second kappa shape index (κ2) is 6.50. The number of anilines is 1. The molecule has 1 aliphatic rings. The van der Waals surface area contributed by atoms with E-state index in [1.807, 2.05) is 0 Å². The highest BCUT2D eigenvalue weighted by Gasteiger charge is 2.33. The van der Waals surface area contributed by atoms with Crippen LogP contribution in [-0.4, -0.2) is 55.3 Å². The molecule has 3 aromatic rings. The average molecular weight is 441 g/mol. The molecule has 1 amide bonds. The van der Waals surface area contributed by atoms with Crippen LogP contribution in [0.25, 0.3) is 17.2 Å². The van der Waals surface area contributed by atoms with Gasteiger partial charge in [-0.25, -0.2) is 23.2 Å². The minimum absolute atomic E-state index is 0.00308. The summed E-state index contributed by atoms with van der Waals surface area (Å²) in [5.41, 5.74) is 0.384. The third-order valence-corrected chi connectivity index (χ3v) is 4.57. The predicted molar refractivity (Wildman–Crippen MR) is 90.1 cm³/mol. The Hall–Kier alpha value is -3.22. The van der Waals surface area contributed by atoms with Crippen LogP contribution in [-0.2, 0) is 0 Å². The van der Waals surface area contributed by atoms with E-state index in [0.717, 1.165) is 4.57 Å². The Balaban J connectivity index is 1.66. The maximum absolute atomic E-state index is 13.5. The molecule has 13 heteroatoms. The summed E-state index contributed by atoms with van der Waals surface area (Å²) in [7, 11) is 0. The number of aromatic nitrogens is 4. The van der Waals surface area contributed by atoms with Crippen LogP contribution in [0.3, 0.4) is 0 Å². The standard InChI is InChI=1S/C14H10BrFN6O5/c15-8-3-7(1-2-9(8)16)22-12(20-26-14(22)25)10-11(19-27-18-10)17-6-4-21(5-6)13(23)24/h1-3,6H,4-5H2,(H,17,19)(H,23,24). The number of benzene rings is 1. The fraction of sp³-hybridized carbons (Fsp3) is 0.214. The van der Waals surface area contributed by atoms with Gasteiger partial charge in [0.2, 0.25) is 11.6 Å². The van der Waals surface area contributed by atoms with Gasteiger partial charge in [0.25, 0.3) is 0 Å². The Kier molecular flexibility index (Phi) is 4.14. The fourth-order valence-corrected chi connectivity index (χ4v) is 2.97. The van der Waals surface area contributed by atoms with Crippen molar-refractivity contribution in [3.8, 4) is 17.2 Å². The zero-order valence-corrected chi connectivity index (χ0v) is 14.9. The molecule has 0 bridgehead atoms. The van der Waals surface area contributed by atoms with Crippen LogP contribution in [0.15, 0.2) is 36.6 Å². The molecule has 0 atom stereocenters. The number of nitrogens with one attached hydrogen (secondary N) is 1. The number of carbonyl (C=O) groups is 1. The molecule has 1 fully saturated rings. The van der Waals surface area contributed by atoms with Crippen molar-refractivity contribution in [3.63, 3.8) is 0 Å². The molecule has 0 spiro atoms. The van der Waals surface area contributed by atoms with Crippen molar-refractivity contribution in [3.05, 3.63) is 39.0 Å². The maximum atomic E-state index is 13.5. The molecule has 0 radical (unpaired) electrons. The summed E-state index contributed by atoms with van der Waals surface area (Å²) in [5.74, 6) is -1.13. The van der Waals surface area contributed by atoms with Gasteiger partial charge in [-0.05, 0) is 44.4 Å². The average Bonchev–Trinajstić information content (AvgIpc) is 3.19. The highest BCUT2D eigenvalue weighted by molar-refractivity contribution is 9.10. The van der Waals surface area contributed by atoms with Gasteiger partial charge in [0, 0.05) is 13.1 Å². The Morgan fingerprint density at radius 1 is 1.33 bits per heavy atom. The van der Waals surface area contributed by atoms with E-state index >= 15 is 0 Å². The van der Waals surface area contributed by atoms with Crippen molar-refractivity contribution in [2.45, 2.75) is 6.04 Å². The van der Waals surface area contributed by atoms with Crippen molar-refractivity contribution < 1.29 is 23.4 Å². The lowest BCUT2D eigenvalue weighted by Gasteiger charge is -2.37. The lowest BCUT2D eigenvalue weighted by Crippen LogP contribution is -2.56. The number of likely N-dealkylation sites (tertiary alicyclic amines) is 1. The lowest BCUT2D eigenvalue weighted by atomic mass is 10.1. The highest BCUT2D eigenvalue weighted by Crippen LogP contribution is 2.27. The van der Waals surface area contributed by atoms with Crippen LogP contribution in [0, 0.1) is 5.82 Å². The Bertz CT molecular complexity index is 1070. The molecular formula is C14H10BrFN6O5. The summed E-state index contributed by atoms with van der Waals surface area (Å²) < 4.78 is 24.2. The third-order valence-electron chi connectivity index (χ3n) is 3.96. The first-order valence-electron chi connectivity index (χ1n) is 7.55. The SMILES string of the molecule is O=C(O)N1CC(Nc2nonc2-c2noc(=O)n2-c2ccc(F)c(Br)c2)C1. The Morgan fingerprint density at radius 2 is 2.11 bits per heavy atom. The zero-order valence-electron chi connectivity index (χ0n) is 13.3. The molecule has 140 valence electrons. The first kappa shape index (κ1) is 17.2. The molecule has 27 heavy (non-hydrogen) atoms. The Labute approximate surface area is 157 Å². The Morgan fingerprint density at radius 3 is 2.81 bits per heavy atom. The van der Waals surface area contributed by atoms with Crippen molar-refractivity contribution in [1.82, 2.24) is 24.9 Å². The zero-order chi connectivity index (χ0) is 19.1. The van der Waals surface area contributed by atoms with Crippen molar-refractivity contribution in [1.29, 1.82) is 0 Å². The summed E-state index contributed by atoms with van der Waals surface area (Å²) >= 11 is 3.06. The summed E-state index contributed by atoms with van der Waals surface area (Å²) in [6.45, 7) is 0.524. The van der Waals surface area contributed by atoms with Crippen LogP contribution in [0.1, 0.15) is 0 Å². The minimum atomic E-state index is -1.02. The molecule has 2 aromatic heterocycles. The molecule has 11 nitrogen and oxygen atoms in total. The number of carboxylic acid groups (broad SMARTS) is 1. The summed E-state index contributed by atoms with van der Waals surface area (Å²) in [6.07, 6.45) is -1.02. The number of hydrogen-bond acceptors (Lipinski definition) is 8. The molecule has 1 aromatic carbocycles. The van der Waals surface area contributed by atoms with E-state index in [1.54, 1.807) is 0 Å². The molecular weight excluding hydrogens is 431 g/mol. The van der Waals surface area contributed by atoms with Gasteiger partial charge < -0.3 is 15.3 Å². The van der Waals surface area contributed by atoms with Gasteiger partial charge in [0.05, 0.1) is 16.2 Å². The van der Waals surface area contributed by atoms with Crippen LogP contribution >= 0.6 is 15.9 Å². The third kappa shape index (κ3) is 3.05. The van der Waals surface area contributed by atoms with Crippen LogP contribution in [0.2, 0.25) is 0 Å². The molecule has 1 saturated heterocycles. The molecule has 0 saturated carbocycles. The van der Waals surface area contributed by atoms with Crippen LogP contribution in [0.4, 0.5) is 15.0 Å². The summed E-state index contributed by atoms with van der Waals surface area (Å²) in [6, 6.07) is 3.74. The second-order valence-electron chi connectivity index (χ2n) is 5.70. The molecule has 1 aliphatic heterocycles. The van der Waals surface area contributed by atoms with E-state index in [9.17, 15) is 14.0 Å². The van der Waals surface area contributed by atoms with Crippen LogP contribution < -0.4 is 11.1 Å². The monoisotopic (exact) mass is 440 g/mol. The normalized spacial score (nSPS) is 14.2. The predicted octanol–water partition coefficient (Wildman–Crippen LogP) is 1.55. The van der Waals surface area contributed by atoms with Gasteiger partial charge in [0.1, 0.15) is 5.82 Å². The van der Waals surface area contributed by atoms with Gasteiger partial charge in [-0.15, -0.1) is 0 Å². The van der Waals surface area contributed by atoms with E-state index in [4.69, 9.17) is 14.3 Å². The van der Waals surface area contributed by atoms with E-state index in [0.29, 0.717) is 5.69 Å². The molecule has 3 heterocycles. The largest absolute Gasteiger partial charge is 0.465 e. The summed E-state index contributed by atoms with van der Waals surface area (Å²) in [5, 5.41) is 23.0. The fourth-order valence-electron chi connectivity index (χ4n) is 2.60. The highest BCUT2D eigenvalue weighted by atomic mass is 79.9. The number of hydrogen-bond donors (Lipinski definition) is 2. The van der Waals surface area contributed by atoms with E-state index in [1.165, 1.54) is 23.1 Å². The summed E-state index contributed by atoms with van der Waals surface area (Å²) in [4.78, 5) is 24.2. The van der Waals surface area contributed by atoms with E-state index in [-0.39, 0.29) is 40.9 Å². The number of halogens is 2. The van der Waals surface area contributed by atoms with E-state index < -0.39 is 17.7 Å². The van der Waals surface area contributed by atoms with Gasteiger partial charge in [-0.3, -0.25) is 4.52 Å². The number of nitrogens with zero attached hydrogens (tertiary/aromatic N) is 5. The molecule has 0 unspecified atom stereocenters. The van der Waals surface area contributed by atoms with Crippen molar-refractivity contribution in [2.24, 2.45) is 0 Å². The number of amides is 1. The van der Waals surface area contributed by atoms with Crippen LogP contribution in [0.5, 0.6) is 0 Å². The molecule has 2 N–H and O–H groups in total. The molecule has 0 aliphatic carbocycles. The van der Waals surface area contributed by atoms with Gasteiger partial charge in [-0.2, -0.15) is 0 Å². The van der Waals surface area contributed by atoms with Gasteiger partial charge >= 0.3 is 11.8 Å². The van der Waals surface area contributed by atoms with E-state index in [2.05, 4.69) is 36.7 Å². The lowest BCUT2D eigenvalue weighted by molar-refractivity contribution is 0.111. The van der Waals surface area contributed by atoms with Gasteiger partial charge in [-0.1, -0.05) is 5.16 Å². The first-order chi connectivity index (χ1) is 12.9. The first-order valence-corrected chi connectivity index (χ1v) is 8.35. The maximum Gasteiger partial charge on any atom is 0.446 e. The number of rotatable bonds is 4. The van der Waals surface area contributed by atoms with Crippen molar-refractivity contribution in [2.75, 3.05) is 18.4 Å². The quantitative estimate of drug-likeness (QED) is 0.617. The second-order valence-corrected chi connectivity index (χ2v) is 6.55. The topological polar surface area (TPSA) is 140 Å². The minimum Gasteiger partial charge on any atom is -0.465 e. The smallest absolute Gasteiger partial charge is 0.446 e. The van der Waals surface area contributed by atoms with Crippen molar-refractivity contribution >= 4 is 27.8 Å². The molecule has 4 rings (SSSR count). The van der Waals surface area contributed by atoms with Gasteiger partial charge in [0.15, 0.2) is 5.69 Å².